The fourth-order valence-corrected chi connectivity index (χ4v) is 6.83. The number of aryl methyl sites for hydroxylation is 1. The van der Waals surface area contributed by atoms with Gasteiger partial charge in [0.2, 0.25) is 5.91 Å². The van der Waals surface area contributed by atoms with Crippen LogP contribution >= 0.6 is 34.5 Å². The van der Waals surface area contributed by atoms with E-state index in [1.165, 1.54) is 19.3 Å². The third-order valence-electron chi connectivity index (χ3n) is 7.60. The molecule has 2 fully saturated rings. The molecule has 2 unspecified atom stereocenters. The summed E-state index contributed by atoms with van der Waals surface area (Å²) in [5, 5.41) is 5.15. The minimum atomic E-state index is 0.0484. The van der Waals surface area contributed by atoms with Crippen LogP contribution < -0.4 is 16.1 Å². The van der Waals surface area contributed by atoms with Gasteiger partial charge >= 0.3 is 0 Å². The smallest absolute Gasteiger partial charge is 0.220 e. The van der Waals surface area contributed by atoms with Crippen LogP contribution in [0.3, 0.4) is 0 Å². The van der Waals surface area contributed by atoms with Gasteiger partial charge in [0.25, 0.3) is 0 Å². The van der Waals surface area contributed by atoms with Crippen molar-refractivity contribution >= 4 is 56.6 Å². The van der Waals surface area contributed by atoms with Crippen LogP contribution in [-0.2, 0) is 11.2 Å². The Kier molecular flexibility index (Phi) is 8.51. The van der Waals surface area contributed by atoms with E-state index in [0.29, 0.717) is 34.0 Å². The molecular weight excluding hydrogens is 527 g/mol. The van der Waals surface area contributed by atoms with Crippen molar-refractivity contribution in [2.45, 2.75) is 57.4 Å². The highest BCUT2D eigenvalue weighted by Gasteiger charge is 2.40. The van der Waals surface area contributed by atoms with Gasteiger partial charge in [-0.1, -0.05) is 29.3 Å². The van der Waals surface area contributed by atoms with Crippen LogP contribution in [0.25, 0.3) is 10.3 Å². The Morgan fingerprint density at radius 3 is 2.76 bits per heavy atom. The maximum absolute atomic E-state index is 12.5. The number of thiazole rings is 1. The average Bonchev–Trinajstić information content (AvgIpc) is 3.50. The van der Waals surface area contributed by atoms with E-state index in [2.05, 4.69) is 22.3 Å². The summed E-state index contributed by atoms with van der Waals surface area (Å²) in [5.41, 5.74) is 1.93. The number of nitrogens with one attached hydrogen (secondary N) is 1. The number of rotatable bonds is 9. The van der Waals surface area contributed by atoms with Crippen LogP contribution in [0.15, 0.2) is 30.3 Å². The van der Waals surface area contributed by atoms with Crippen LogP contribution in [0.4, 0.5) is 5.82 Å². The molecule has 0 spiro atoms. The standard InChI is InChI=1S/C27H34Cl2N6OS/c28-20-8-7-19(18-21(20)29)22-6-4-16-35(22,30)17-5-13-31-25(36)11-12-26-33-27-23(37-26)9-10-24(32-27)34-14-2-1-3-15-34/h7-10,18,22H,1-6,11-17,30H2/p+1. The van der Waals surface area contributed by atoms with Gasteiger partial charge in [-0.25, -0.2) is 14.6 Å². The lowest BCUT2D eigenvalue weighted by Crippen LogP contribution is -2.54. The van der Waals surface area contributed by atoms with Crippen LogP contribution in [0, 0.1) is 0 Å². The maximum atomic E-state index is 12.5. The molecule has 10 heteroatoms. The molecule has 0 bridgehead atoms. The normalized spacial score (nSPS) is 22.0. The molecule has 4 heterocycles. The number of fused-ring (bicyclic) bond motifs is 1. The van der Waals surface area contributed by atoms with Crippen LogP contribution in [0.2, 0.25) is 10.0 Å². The van der Waals surface area contributed by atoms with E-state index in [1.807, 2.05) is 18.2 Å². The van der Waals surface area contributed by atoms with E-state index in [4.69, 9.17) is 39.0 Å². The van der Waals surface area contributed by atoms with Crippen molar-refractivity contribution in [3.63, 3.8) is 0 Å². The van der Waals surface area contributed by atoms with Crippen molar-refractivity contribution in [1.29, 1.82) is 0 Å². The summed E-state index contributed by atoms with van der Waals surface area (Å²) in [6.45, 7) is 4.47. The highest BCUT2D eigenvalue weighted by Crippen LogP contribution is 2.38. The van der Waals surface area contributed by atoms with Gasteiger partial charge in [-0.15, -0.1) is 11.3 Å². The number of benzene rings is 1. The molecule has 2 saturated heterocycles. The van der Waals surface area contributed by atoms with Crippen molar-refractivity contribution in [2.75, 3.05) is 37.6 Å². The number of pyridine rings is 1. The van der Waals surface area contributed by atoms with Gasteiger partial charge < -0.3 is 10.2 Å². The zero-order chi connectivity index (χ0) is 25.8. The number of hydrogen-bond donors (Lipinski definition) is 2. The Labute approximate surface area is 232 Å². The molecule has 198 valence electrons. The molecule has 1 amide bonds. The molecule has 3 N–H and O–H groups in total. The summed E-state index contributed by atoms with van der Waals surface area (Å²) in [4.78, 5) is 24.3. The molecule has 0 radical (unpaired) electrons. The van der Waals surface area contributed by atoms with Gasteiger partial charge in [0.15, 0.2) is 5.65 Å². The van der Waals surface area contributed by atoms with E-state index >= 15 is 0 Å². The summed E-state index contributed by atoms with van der Waals surface area (Å²) in [6.07, 6.45) is 7.72. The number of aromatic nitrogens is 2. The molecule has 0 aliphatic carbocycles. The topological polar surface area (TPSA) is 84.1 Å². The lowest BCUT2D eigenvalue weighted by Gasteiger charge is -2.35. The van der Waals surface area contributed by atoms with Crippen molar-refractivity contribution in [2.24, 2.45) is 5.84 Å². The number of halogens is 2. The van der Waals surface area contributed by atoms with Crippen molar-refractivity contribution in [3.8, 4) is 0 Å². The van der Waals surface area contributed by atoms with E-state index in [0.717, 1.165) is 72.2 Å². The highest BCUT2D eigenvalue weighted by atomic mass is 35.5. The van der Waals surface area contributed by atoms with Gasteiger partial charge in [0, 0.05) is 57.3 Å². The number of nitrogens with two attached hydrogens (primary N) is 1. The second-order valence-electron chi connectivity index (χ2n) is 10.2. The number of likely N-dealkylation sites (tertiary alicyclic amines) is 1. The average molecular weight is 563 g/mol. The molecule has 5 rings (SSSR count). The van der Waals surface area contributed by atoms with Gasteiger partial charge in [-0.2, -0.15) is 5.84 Å². The lowest BCUT2D eigenvalue weighted by molar-refractivity contribution is -0.956. The molecule has 3 aromatic rings. The Morgan fingerprint density at radius 2 is 1.95 bits per heavy atom. The third-order valence-corrected chi connectivity index (χ3v) is 9.41. The van der Waals surface area contributed by atoms with Crippen molar-refractivity contribution in [3.05, 3.63) is 50.9 Å². The number of piperidine rings is 1. The molecule has 37 heavy (non-hydrogen) atoms. The number of amides is 1. The summed E-state index contributed by atoms with van der Waals surface area (Å²) in [6, 6.07) is 10.2. The highest BCUT2D eigenvalue weighted by molar-refractivity contribution is 7.18. The van der Waals surface area contributed by atoms with E-state index in [9.17, 15) is 4.79 Å². The third kappa shape index (κ3) is 6.37. The van der Waals surface area contributed by atoms with Gasteiger partial charge in [0.1, 0.15) is 11.9 Å². The number of hydrogen-bond acceptors (Lipinski definition) is 6. The first-order chi connectivity index (χ1) is 17.9. The summed E-state index contributed by atoms with van der Waals surface area (Å²) < 4.78 is 1.56. The number of carbonyl (C=O) groups is 1. The molecule has 0 saturated carbocycles. The Morgan fingerprint density at radius 1 is 1.11 bits per heavy atom. The summed E-state index contributed by atoms with van der Waals surface area (Å²) in [5.74, 6) is 7.87. The largest absolute Gasteiger partial charge is 0.357 e. The van der Waals surface area contributed by atoms with Gasteiger partial charge in [-0.3, -0.25) is 4.79 Å². The molecule has 2 aromatic heterocycles. The molecule has 2 aliphatic heterocycles. The van der Waals surface area contributed by atoms with Crippen LogP contribution in [0.1, 0.15) is 61.6 Å². The summed E-state index contributed by atoms with van der Waals surface area (Å²) in [7, 11) is 0. The SMILES string of the molecule is N[N+]1(CCCNC(=O)CCc2nc3nc(N4CCCCC4)ccc3s2)CCCC1c1ccc(Cl)c(Cl)c1. The zero-order valence-corrected chi connectivity index (χ0v) is 23.4. The Hall–Kier alpha value is -1.97. The Bertz CT molecular complexity index is 1250. The summed E-state index contributed by atoms with van der Waals surface area (Å²) >= 11 is 14.0. The first-order valence-electron chi connectivity index (χ1n) is 13.3. The van der Waals surface area contributed by atoms with Crippen molar-refractivity contribution < 1.29 is 9.39 Å². The maximum Gasteiger partial charge on any atom is 0.220 e. The number of nitrogens with zero attached hydrogens (tertiary/aromatic N) is 4. The molecule has 1 aromatic carbocycles. The Balaban J connectivity index is 1.08. The first kappa shape index (κ1) is 26.6. The molecule has 2 atom stereocenters. The monoisotopic (exact) mass is 561 g/mol. The predicted octanol–water partition coefficient (Wildman–Crippen LogP) is 5.65. The fourth-order valence-electron chi connectivity index (χ4n) is 5.61. The molecule has 7 nitrogen and oxygen atoms in total. The van der Waals surface area contributed by atoms with Crippen LogP contribution in [-0.4, -0.2) is 53.2 Å². The minimum Gasteiger partial charge on any atom is -0.357 e. The predicted molar refractivity (Wildman–Crippen MR) is 152 cm³/mol. The van der Waals surface area contributed by atoms with Gasteiger partial charge in [-0.05, 0) is 43.5 Å². The fraction of sp³-hybridized carbons (Fsp3) is 0.519. The second-order valence-corrected chi connectivity index (χ2v) is 12.2. The quantitative estimate of drug-likeness (QED) is 0.200. The first-order valence-corrected chi connectivity index (χ1v) is 14.9. The number of anilines is 1. The minimum absolute atomic E-state index is 0.0484. The van der Waals surface area contributed by atoms with Crippen molar-refractivity contribution in [1.82, 2.24) is 15.3 Å². The molecule has 2 aliphatic rings. The second kappa shape index (κ2) is 11.8. The van der Waals surface area contributed by atoms with Crippen LogP contribution in [0.5, 0.6) is 0 Å². The zero-order valence-electron chi connectivity index (χ0n) is 21.1. The number of quaternary nitrogens is 1. The lowest BCUT2D eigenvalue weighted by atomic mass is 10.0. The number of carbonyl (C=O) groups excluding carboxylic acids is 1. The van der Waals surface area contributed by atoms with E-state index in [1.54, 1.807) is 11.3 Å². The van der Waals surface area contributed by atoms with E-state index in [-0.39, 0.29) is 11.9 Å². The molecular formula is C27H35Cl2N6OS+. The van der Waals surface area contributed by atoms with E-state index < -0.39 is 0 Å². The van der Waals surface area contributed by atoms with Gasteiger partial charge in [0.05, 0.1) is 32.8 Å².